The third-order valence-corrected chi connectivity index (χ3v) is 13.8. The van der Waals surface area contributed by atoms with Crippen molar-refractivity contribution in [2.24, 2.45) is 34.5 Å². The van der Waals surface area contributed by atoms with Crippen molar-refractivity contribution in [1.82, 2.24) is 0 Å². The van der Waals surface area contributed by atoms with Gasteiger partial charge in [0.25, 0.3) is 0 Å². The van der Waals surface area contributed by atoms with Gasteiger partial charge in [0.1, 0.15) is 24.4 Å². The lowest BCUT2D eigenvalue weighted by Crippen LogP contribution is -2.71. The Morgan fingerprint density at radius 3 is 2.41 bits per heavy atom. The molecule has 3 saturated heterocycles. The molecular weight excluding hydrogens is 572 g/mol. The Labute approximate surface area is 259 Å². The summed E-state index contributed by atoms with van der Waals surface area (Å²) < 4.78 is 24.7. The zero-order valence-electron chi connectivity index (χ0n) is 26.3. The molecule has 0 bridgehead atoms. The maximum atomic E-state index is 12.7. The number of ether oxygens (including phenoxy) is 4. The Kier molecular flexibility index (Phi) is 7.53. The van der Waals surface area contributed by atoms with E-state index in [4.69, 9.17) is 18.9 Å². The first-order valence-electron chi connectivity index (χ1n) is 16.7. The molecule has 0 amide bonds. The van der Waals surface area contributed by atoms with Crippen molar-refractivity contribution in [3.05, 3.63) is 11.6 Å². The summed E-state index contributed by atoms with van der Waals surface area (Å²) in [6.45, 7) is 8.83. The van der Waals surface area contributed by atoms with E-state index in [1.807, 2.05) is 13.0 Å². The molecule has 44 heavy (non-hydrogen) atoms. The summed E-state index contributed by atoms with van der Waals surface area (Å²) in [5.74, 6) is 0.619. The predicted molar refractivity (Wildman–Crippen MR) is 155 cm³/mol. The maximum Gasteiger partial charge on any atom is 0.187 e. The van der Waals surface area contributed by atoms with Gasteiger partial charge in [0.2, 0.25) is 0 Å². The Bertz CT molecular complexity index is 1150. The molecule has 17 unspecified atom stereocenters. The Morgan fingerprint density at radius 2 is 1.73 bits per heavy atom. The number of aliphatic hydroxyl groups is 7. The standard InChI is InChI=1S/C33H52O11/c1-16-5-8-33(41-15-16)17(2)24-21(44-33)11-19-18-6-7-31(39)13-22(42-28-27(38)26(37)25(36)23(14-34)43-28)20(35)12-30(31,4)32(18,40)10-9-29(19,24)3/h6,16-17,19-28,34-40H,5,7-15H2,1-4H3. The summed E-state index contributed by atoms with van der Waals surface area (Å²) in [7, 11) is 0. The molecule has 3 saturated carbocycles. The normalized spacial score (nSPS) is 60.3. The second-order valence-electron chi connectivity index (χ2n) is 16.0. The first kappa shape index (κ1) is 31.9. The monoisotopic (exact) mass is 624 g/mol. The van der Waals surface area contributed by atoms with Crippen molar-refractivity contribution < 1.29 is 54.7 Å². The van der Waals surface area contributed by atoms with Gasteiger partial charge in [-0.15, -0.1) is 0 Å². The Balaban J connectivity index is 1.13. The van der Waals surface area contributed by atoms with Gasteiger partial charge < -0.3 is 54.7 Å². The number of rotatable bonds is 3. The van der Waals surface area contributed by atoms with Gasteiger partial charge in [0.15, 0.2) is 12.1 Å². The lowest BCUT2D eigenvalue weighted by molar-refractivity contribution is -0.333. The summed E-state index contributed by atoms with van der Waals surface area (Å²) in [5, 5.41) is 76.8. The zero-order valence-corrected chi connectivity index (χ0v) is 26.3. The third-order valence-electron chi connectivity index (χ3n) is 13.8. The molecule has 11 nitrogen and oxygen atoms in total. The van der Waals surface area contributed by atoms with E-state index >= 15 is 0 Å². The van der Waals surface area contributed by atoms with Crippen LogP contribution in [0.2, 0.25) is 0 Å². The smallest absolute Gasteiger partial charge is 0.187 e. The van der Waals surface area contributed by atoms with Crippen LogP contribution in [0, 0.1) is 34.5 Å². The molecule has 7 rings (SSSR count). The fourth-order valence-corrected chi connectivity index (χ4v) is 11.0. The highest BCUT2D eigenvalue weighted by Crippen LogP contribution is 2.72. The van der Waals surface area contributed by atoms with Gasteiger partial charge in [-0.25, -0.2) is 0 Å². The van der Waals surface area contributed by atoms with E-state index in [2.05, 4.69) is 20.8 Å². The quantitative estimate of drug-likeness (QED) is 0.220. The fraction of sp³-hybridized carbons (Fsp3) is 0.939. The highest BCUT2D eigenvalue weighted by molar-refractivity contribution is 5.39. The van der Waals surface area contributed by atoms with E-state index in [9.17, 15) is 35.7 Å². The van der Waals surface area contributed by atoms with E-state index in [1.165, 1.54) is 0 Å². The molecule has 0 aromatic rings. The second kappa shape index (κ2) is 10.4. The van der Waals surface area contributed by atoms with Crippen molar-refractivity contribution in [1.29, 1.82) is 0 Å². The minimum Gasteiger partial charge on any atom is -0.394 e. The SMILES string of the molecule is CC1CCC2(OC1)OC1CC3C4=CCC5(O)CC(OC6OC(CO)C(O)C(O)C6O)C(O)CC5(C)C4(O)CCC3(C)C1C2C. The molecule has 6 fully saturated rings. The van der Waals surface area contributed by atoms with E-state index in [0.717, 1.165) is 37.9 Å². The molecule has 17 atom stereocenters. The number of aliphatic hydroxyl groups excluding tert-OH is 5. The molecule has 7 aliphatic rings. The molecule has 250 valence electrons. The van der Waals surface area contributed by atoms with Crippen LogP contribution in [0.1, 0.15) is 79.1 Å². The van der Waals surface area contributed by atoms with E-state index in [1.54, 1.807) is 0 Å². The van der Waals surface area contributed by atoms with Crippen molar-refractivity contribution in [3.8, 4) is 0 Å². The Morgan fingerprint density at radius 1 is 0.977 bits per heavy atom. The summed E-state index contributed by atoms with van der Waals surface area (Å²) in [5.41, 5.74) is -2.97. The third kappa shape index (κ3) is 4.14. The largest absolute Gasteiger partial charge is 0.394 e. The highest BCUT2D eigenvalue weighted by atomic mass is 16.7. The molecule has 0 aromatic carbocycles. The van der Waals surface area contributed by atoms with E-state index in [-0.39, 0.29) is 42.6 Å². The predicted octanol–water partition coefficient (Wildman–Crippen LogP) is 0.739. The first-order chi connectivity index (χ1) is 20.6. The van der Waals surface area contributed by atoms with Gasteiger partial charge in [0.05, 0.1) is 42.7 Å². The molecule has 3 heterocycles. The van der Waals surface area contributed by atoms with Crippen LogP contribution in [0.5, 0.6) is 0 Å². The number of hydrogen-bond donors (Lipinski definition) is 7. The van der Waals surface area contributed by atoms with Crippen molar-refractivity contribution in [2.45, 2.75) is 145 Å². The van der Waals surface area contributed by atoms with Crippen LogP contribution in [0.4, 0.5) is 0 Å². The van der Waals surface area contributed by atoms with Crippen molar-refractivity contribution in [2.75, 3.05) is 13.2 Å². The first-order valence-corrected chi connectivity index (χ1v) is 16.7. The molecular formula is C33H52O11. The van der Waals surface area contributed by atoms with E-state index in [0.29, 0.717) is 18.3 Å². The van der Waals surface area contributed by atoms with Gasteiger partial charge in [-0.3, -0.25) is 0 Å². The Hall–Kier alpha value is -0.700. The van der Waals surface area contributed by atoms with Crippen LogP contribution in [0.3, 0.4) is 0 Å². The maximum absolute atomic E-state index is 12.7. The summed E-state index contributed by atoms with van der Waals surface area (Å²) in [6.07, 6.45) is -3.05. The second-order valence-corrected chi connectivity index (χ2v) is 16.0. The zero-order chi connectivity index (χ0) is 31.6. The molecule has 11 heteroatoms. The molecule has 1 spiro atoms. The van der Waals surface area contributed by atoms with Gasteiger partial charge in [0, 0.05) is 24.2 Å². The lowest BCUT2D eigenvalue weighted by Gasteiger charge is -2.65. The topological polar surface area (TPSA) is 179 Å². The van der Waals surface area contributed by atoms with Crippen molar-refractivity contribution in [3.63, 3.8) is 0 Å². The minimum absolute atomic E-state index is 0.0304. The van der Waals surface area contributed by atoms with Crippen LogP contribution in [0.25, 0.3) is 0 Å². The number of fused-ring (bicyclic) bond motifs is 7. The van der Waals surface area contributed by atoms with Gasteiger partial charge in [-0.1, -0.05) is 33.8 Å². The number of hydrogen-bond acceptors (Lipinski definition) is 11. The van der Waals surface area contributed by atoms with Crippen LogP contribution >= 0.6 is 0 Å². The molecule has 4 aliphatic carbocycles. The summed E-state index contributed by atoms with van der Waals surface area (Å²) in [4.78, 5) is 0. The summed E-state index contributed by atoms with van der Waals surface area (Å²) >= 11 is 0. The molecule has 3 aliphatic heterocycles. The summed E-state index contributed by atoms with van der Waals surface area (Å²) in [6, 6.07) is 0. The van der Waals surface area contributed by atoms with Crippen LogP contribution < -0.4 is 0 Å². The minimum atomic E-state index is -1.62. The van der Waals surface area contributed by atoms with Crippen LogP contribution in [-0.2, 0) is 18.9 Å². The average molecular weight is 625 g/mol. The molecule has 7 N–H and O–H groups in total. The van der Waals surface area contributed by atoms with E-state index < -0.39 is 71.9 Å². The van der Waals surface area contributed by atoms with Gasteiger partial charge >= 0.3 is 0 Å². The fourth-order valence-electron chi connectivity index (χ4n) is 11.0. The average Bonchev–Trinajstić information content (AvgIpc) is 3.42. The van der Waals surface area contributed by atoms with Gasteiger partial charge in [-0.05, 0) is 67.3 Å². The molecule has 0 radical (unpaired) electrons. The lowest BCUT2D eigenvalue weighted by atomic mass is 9.43. The van der Waals surface area contributed by atoms with Crippen molar-refractivity contribution >= 4 is 0 Å². The van der Waals surface area contributed by atoms with Crippen LogP contribution in [-0.4, -0.2) is 115 Å². The highest BCUT2D eigenvalue weighted by Gasteiger charge is 2.73. The van der Waals surface area contributed by atoms with Gasteiger partial charge in [-0.2, -0.15) is 0 Å². The molecule has 0 aromatic heterocycles. The van der Waals surface area contributed by atoms with Crippen LogP contribution in [0.15, 0.2) is 11.6 Å².